The predicted molar refractivity (Wildman–Crippen MR) is 81.2 cm³/mol. The van der Waals surface area contributed by atoms with E-state index in [1.54, 1.807) is 17.4 Å². The number of aryl methyl sites for hydroxylation is 1. The van der Waals surface area contributed by atoms with Crippen LogP contribution in [0, 0.1) is 11.6 Å². The third-order valence-corrected chi connectivity index (χ3v) is 5.86. The van der Waals surface area contributed by atoms with Gasteiger partial charge in [0.15, 0.2) is 11.6 Å². The zero-order valence-corrected chi connectivity index (χ0v) is 12.5. The summed E-state index contributed by atoms with van der Waals surface area (Å²) in [5.41, 5.74) is 7.88. The molecule has 1 aliphatic rings. The molecule has 0 saturated carbocycles. The molecule has 1 nitrogen and oxygen atoms in total. The van der Waals surface area contributed by atoms with Gasteiger partial charge >= 0.3 is 0 Å². The lowest BCUT2D eigenvalue weighted by Gasteiger charge is -2.10. The second-order valence-corrected chi connectivity index (χ2v) is 7.20. The molecule has 20 heavy (non-hydrogen) atoms. The molecule has 0 aliphatic carbocycles. The summed E-state index contributed by atoms with van der Waals surface area (Å²) in [5.74, 6) is 0.601. The van der Waals surface area contributed by atoms with Gasteiger partial charge in [0.2, 0.25) is 0 Å². The van der Waals surface area contributed by atoms with Crippen molar-refractivity contribution in [3.63, 3.8) is 0 Å². The van der Waals surface area contributed by atoms with Crippen LogP contribution in [0.5, 0.6) is 0 Å². The average molecular weight is 311 g/mol. The third-order valence-electron chi connectivity index (χ3n) is 3.48. The normalized spacial score (nSPS) is 15.9. The topological polar surface area (TPSA) is 26.0 Å². The Morgan fingerprint density at radius 2 is 2.15 bits per heavy atom. The van der Waals surface area contributed by atoms with Crippen LogP contribution in [-0.2, 0) is 18.6 Å². The van der Waals surface area contributed by atoms with E-state index in [4.69, 9.17) is 5.73 Å². The highest BCUT2D eigenvalue weighted by Gasteiger charge is 2.19. The zero-order valence-electron chi connectivity index (χ0n) is 10.9. The molecule has 0 spiro atoms. The summed E-state index contributed by atoms with van der Waals surface area (Å²) in [6.45, 7) is 0. The van der Waals surface area contributed by atoms with Gasteiger partial charge in [0.1, 0.15) is 0 Å². The third kappa shape index (κ3) is 2.75. The SMILES string of the molecule is NC(Cc1cccc(F)c1F)c1cc2c(s1)CCSC2. The van der Waals surface area contributed by atoms with Crippen LogP contribution in [0.2, 0.25) is 0 Å². The summed E-state index contributed by atoms with van der Waals surface area (Å²) < 4.78 is 26.9. The lowest BCUT2D eigenvalue weighted by atomic mass is 10.0. The molecule has 2 heterocycles. The minimum absolute atomic E-state index is 0.271. The summed E-state index contributed by atoms with van der Waals surface area (Å²) in [4.78, 5) is 2.47. The Hall–Kier alpha value is -0.910. The van der Waals surface area contributed by atoms with Crippen LogP contribution < -0.4 is 5.73 Å². The number of nitrogens with two attached hydrogens (primary N) is 1. The molecule has 5 heteroatoms. The first-order chi connectivity index (χ1) is 9.65. The van der Waals surface area contributed by atoms with E-state index >= 15 is 0 Å². The first-order valence-electron chi connectivity index (χ1n) is 6.53. The summed E-state index contributed by atoms with van der Waals surface area (Å²) in [6.07, 6.45) is 1.42. The van der Waals surface area contributed by atoms with E-state index < -0.39 is 11.6 Å². The maximum Gasteiger partial charge on any atom is 0.162 e. The van der Waals surface area contributed by atoms with Crippen LogP contribution in [0.15, 0.2) is 24.3 Å². The van der Waals surface area contributed by atoms with E-state index in [0.717, 1.165) is 28.9 Å². The highest BCUT2D eigenvalue weighted by Crippen LogP contribution is 2.34. The van der Waals surface area contributed by atoms with E-state index in [0.29, 0.717) is 12.0 Å². The van der Waals surface area contributed by atoms with Crippen LogP contribution in [-0.4, -0.2) is 5.75 Å². The van der Waals surface area contributed by atoms with Gasteiger partial charge in [-0.05, 0) is 41.9 Å². The molecule has 106 valence electrons. The molecule has 3 rings (SSSR count). The highest BCUT2D eigenvalue weighted by atomic mass is 32.2. The molecular weight excluding hydrogens is 296 g/mol. The predicted octanol–water partition coefficient (Wildman–Crippen LogP) is 4.06. The average Bonchev–Trinajstić information content (AvgIpc) is 2.88. The van der Waals surface area contributed by atoms with Crippen molar-refractivity contribution >= 4 is 23.1 Å². The molecule has 2 N–H and O–H groups in total. The van der Waals surface area contributed by atoms with Gasteiger partial charge in [0.25, 0.3) is 0 Å². The monoisotopic (exact) mass is 311 g/mol. The Morgan fingerprint density at radius 1 is 1.30 bits per heavy atom. The smallest absolute Gasteiger partial charge is 0.162 e. The lowest BCUT2D eigenvalue weighted by Crippen LogP contribution is -2.13. The number of halogens is 2. The van der Waals surface area contributed by atoms with E-state index in [2.05, 4.69) is 6.07 Å². The summed E-state index contributed by atoms with van der Waals surface area (Å²) >= 11 is 3.65. The van der Waals surface area contributed by atoms with Crippen molar-refractivity contribution < 1.29 is 8.78 Å². The number of thiophene rings is 1. The summed E-state index contributed by atoms with van der Waals surface area (Å²) in [7, 11) is 0. The fraction of sp³-hybridized carbons (Fsp3) is 0.333. The first-order valence-corrected chi connectivity index (χ1v) is 8.50. The second-order valence-electron chi connectivity index (χ2n) is 4.92. The van der Waals surface area contributed by atoms with E-state index in [1.165, 1.54) is 16.5 Å². The lowest BCUT2D eigenvalue weighted by molar-refractivity contribution is 0.494. The van der Waals surface area contributed by atoms with Crippen LogP contribution in [0.25, 0.3) is 0 Å². The molecule has 0 fully saturated rings. The van der Waals surface area contributed by atoms with Crippen molar-refractivity contribution in [2.45, 2.75) is 24.6 Å². The number of benzene rings is 1. The molecule has 1 unspecified atom stereocenters. The van der Waals surface area contributed by atoms with Gasteiger partial charge in [-0.1, -0.05) is 12.1 Å². The van der Waals surface area contributed by atoms with Crippen LogP contribution in [0.4, 0.5) is 8.78 Å². The molecule has 1 aromatic carbocycles. The Morgan fingerprint density at radius 3 is 2.95 bits per heavy atom. The van der Waals surface area contributed by atoms with E-state index in [9.17, 15) is 8.78 Å². The Bertz CT molecular complexity index is 601. The minimum atomic E-state index is -0.809. The molecule has 1 atom stereocenters. The molecule has 0 amide bonds. The van der Waals surface area contributed by atoms with Crippen molar-refractivity contribution in [2.75, 3.05) is 5.75 Å². The van der Waals surface area contributed by atoms with Crippen LogP contribution in [0.1, 0.15) is 26.9 Å². The maximum atomic E-state index is 13.7. The zero-order chi connectivity index (χ0) is 14.1. The second kappa shape index (κ2) is 5.84. The van der Waals surface area contributed by atoms with Gasteiger partial charge in [-0.15, -0.1) is 11.3 Å². The quantitative estimate of drug-likeness (QED) is 0.925. The van der Waals surface area contributed by atoms with Crippen molar-refractivity contribution in [2.24, 2.45) is 5.73 Å². The Labute approximate surface area is 125 Å². The van der Waals surface area contributed by atoms with Gasteiger partial charge in [0, 0.05) is 21.5 Å². The molecule has 0 radical (unpaired) electrons. The van der Waals surface area contributed by atoms with E-state index in [1.807, 2.05) is 11.8 Å². The van der Waals surface area contributed by atoms with Crippen LogP contribution in [0.3, 0.4) is 0 Å². The van der Waals surface area contributed by atoms with Crippen molar-refractivity contribution in [1.29, 1.82) is 0 Å². The van der Waals surface area contributed by atoms with Crippen molar-refractivity contribution in [1.82, 2.24) is 0 Å². The highest BCUT2D eigenvalue weighted by molar-refractivity contribution is 7.98. The maximum absolute atomic E-state index is 13.7. The fourth-order valence-corrected chi connectivity index (χ4v) is 4.77. The molecule has 1 aromatic heterocycles. The van der Waals surface area contributed by atoms with Crippen molar-refractivity contribution in [3.05, 3.63) is 56.8 Å². The number of thioether (sulfide) groups is 1. The number of hydrogen-bond donors (Lipinski definition) is 1. The molecule has 0 bridgehead atoms. The number of fused-ring (bicyclic) bond motifs is 1. The number of hydrogen-bond acceptors (Lipinski definition) is 3. The van der Waals surface area contributed by atoms with Crippen LogP contribution >= 0.6 is 23.1 Å². The largest absolute Gasteiger partial charge is 0.323 e. The van der Waals surface area contributed by atoms with Gasteiger partial charge in [-0.2, -0.15) is 11.8 Å². The first kappa shape index (κ1) is 14.0. The van der Waals surface area contributed by atoms with Gasteiger partial charge in [-0.25, -0.2) is 8.78 Å². The molecule has 1 aliphatic heterocycles. The molecular formula is C15H15F2NS2. The van der Waals surface area contributed by atoms with Gasteiger partial charge < -0.3 is 5.73 Å². The molecule has 0 saturated heterocycles. The standard InChI is InChI=1S/C15H15F2NS2/c16-11-3-1-2-9(15(11)17)6-12(18)14-7-10-8-19-5-4-13(10)20-14/h1-3,7,12H,4-6,8,18H2. The van der Waals surface area contributed by atoms with E-state index in [-0.39, 0.29) is 6.04 Å². The van der Waals surface area contributed by atoms with Gasteiger partial charge in [-0.3, -0.25) is 0 Å². The Kier molecular flexibility index (Phi) is 4.10. The molecule has 2 aromatic rings. The Balaban J connectivity index is 1.80. The number of rotatable bonds is 3. The summed E-state index contributed by atoms with van der Waals surface area (Å²) in [5, 5.41) is 0. The van der Waals surface area contributed by atoms with Gasteiger partial charge in [0.05, 0.1) is 0 Å². The fourth-order valence-electron chi connectivity index (χ4n) is 2.40. The van der Waals surface area contributed by atoms with Crippen molar-refractivity contribution in [3.8, 4) is 0 Å². The minimum Gasteiger partial charge on any atom is -0.323 e. The summed E-state index contributed by atoms with van der Waals surface area (Å²) in [6, 6.07) is 6.12.